The first kappa shape index (κ1) is 16.4. The summed E-state index contributed by atoms with van der Waals surface area (Å²) in [5.41, 5.74) is 9.66. The monoisotopic (exact) mass is 310 g/mol. The molecule has 2 amide bonds. The van der Waals surface area contributed by atoms with E-state index in [1.165, 1.54) is 0 Å². The Balaban J connectivity index is 2.37. The van der Waals surface area contributed by atoms with E-state index in [2.05, 4.69) is 0 Å². The summed E-state index contributed by atoms with van der Waals surface area (Å²) in [6, 6.07) is 7.06. The lowest BCUT2D eigenvalue weighted by Crippen LogP contribution is -2.63. The Morgan fingerprint density at radius 2 is 1.64 bits per heavy atom. The van der Waals surface area contributed by atoms with Crippen molar-refractivity contribution < 1.29 is 29.6 Å². The van der Waals surface area contributed by atoms with Gasteiger partial charge >= 0.3 is 0 Å². The molecule has 3 rings (SSSR count). The van der Waals surface area contributed by atoms with Crippen LogP contribution in [-0.4, -0.2) is 51.0 Å². The lowest BCUT2D eigenvalue weighted by Gasteiger charge is -2.39. The van der Waals surface area contributed by atoms with Crippen LogP contribution < -0.4 is 11.5 Å². The normalized spacial score (nSPS) is 24.9. The fourth-order valence-corrected chi connectivity index (χ4v) is 2.43. The highest BCUT2D eigenvalue weighted by Gasteiger charge is 2.51. The number of rotatable bonds is 5. The number of aliphatic hydroxyl groups excluding tert-OH is 3. The number of ether oxygens (including phenoxy) is 1. The average Bonchev–Trinajstić information content (AvgIpc) is 2.45. The summed E-state index contributed by atoms with van der Waals surface area (Å²) in [4.78, 5) is 22.9. The molecule has 8 heteroatoms. The van der Waals surface area contributed by atoms with E-state index in [-0.39, 0.29) is 13.0 Å². The Hall–Kier alpha value is -2.00. The van der Waals surface area contributed by atoms with Crippen LogP contribution in [0.3, 0.4) is 0 Å². The maximum Gasteiger partial charge on any atom is 0.252 e. The molecule has 7 N–H and O–H groups in total. The van der Waals surface area contributed by atoms with Gasteiger partial charge in [0, 0.05) is 6.42 Å². The molecule has 0 saturated carbocycles. The van der Waals surface area contributed by atoms with Crippen LogP contribution in [0.5, 0.6) is 0 Å². The number of carbonyl (C=O) groups is 2. The van der Waals surface area contributed by atoms with Crippen LogP contribution in [0.1, 0.15) is 11.1 Å². The van der Waals surface area contributed by atoms with Crippen molar-refractivity contribution in [3.8, 4) is 0 Å². The maximum absolute atomic E-state index is 11.9. The van der Waals surface area contributed by atoms with Crippen molar-refractivity contribution >= 4 is 11.8 Å². The fraction of sp³-hybridized carbons (Fsp3) is 0.429. The van der Waals surface area contributed by atoms with E-state index in [1.54, 1.807) is 24.3 Å². The Bertz CT molecular complexity index is 575. The molecule has 0 radical (unpaired) electrons. The van der Waals surface area contributed by atoms with Crippen molar-refractivity contribution in [1.82, 2.24) is 0 Å². The van der Waals surface area contributed by atoms with Crippen LogP contribution in [0.2, 0.25) is 0 Å². The molecule has 8 nitrogen and oxygen atoms in total. The molecular formula is C14H18N2O6. The number of nitrogens with two attached hydrogens (primary N) is 2. The second kappa shape index (κ2) is 6.01. The van der Waals surface area contributed by atoms with Crippen molar-refractivity contribution in [2.45, 2.75) is 36.9 Å². The second-order valence-corrected chi connectivity index (χ2v) is 5.32. The van der Waals surface area contributed by atoms with Gasteiger partial charge in [-0.1, -0.05) is 24.3 Å². The molecule has 22 heavy (non-hydrogen) atoms. The third kappa shape index (κ3) is 2.81. The van der Waals surface area contributed by atoms with Gasteiger partial charge in [-0.2, -0.15) is 0 Å². The fourth-order valence-electron chi connectivity index (χ4n) is 2.43. The van der Waals surface area contributed by atoms with E-state index in [4.69, 9.17) is 16.2 Å². The summed E-state index contributed by atoms with van der Waals surface area (Å²) < 4.78 is 5.47. The van der Waals surface area contributed by atoms with E-state index in [0.717, 1.165) is 5.56 Å². The van der Waals surface area contributed by atoms with Crippen LogP contribution >= 0.6 is 0 Å². The minimum absolute atomic E-state index is 0.0281. The molecule has 2 bridgehead atoms. The molecular weight excluding hydrogens is 292 g/mol. The molecule has 1 aromatic carbocycles. The highest BCUT2D eigenvalue weighted by atomic mass is 16.5. The van der Waals surface area contributed by atoms with E-state index < -0.39 is 35.7 Å². The van der Waals surface area contributed by atoms with Gasteiger partial charge in [0.15, 0.2) is 11.7 Å². The zero-order valence-corrected chi connectivity index (χ0v) is 11.7. The molecule has 0 aliphatic carbocycles. The Labute approximate surface area is 126 Å². The second-order valence-electron chi connectivity index (χ2n) is 5.32. The molecule has 1 aromatic rings. The predicted octanol–water partition coefficient (Wildman–Crippen LogP) is -2.45. The zero-order chi connectivity index (χ0) is 16.5. The van der Waals surface area contributed by atoms with Crippen molar-refractivity contribution in [2.75, 3.05) is 0 Å². The average molecular weight is 310 g/mol. The minimum Gasteiger partial charge on any atom is -0.387 e. The first-order valence-corrected chi connectivity index (χ1v) is 6.63. The van der Waals surface area contributed by atoms with Crippen LogP contribution in [0.4, 0.5) is 0 Å². The summed E-state index contributed by atoms with van der Waals surface area (Å²) in [6.45, 7) is -0.0281. The number of primary amides is 2. The van der Waals surface area contributed by atoms with Crippen LogP contribution in [-0.2, 0) is 27.4 Å². The van der Waals surface area contributed by atoms with E-state index in [9.17, 15) is 24.9 Å². The first-order chi connectivity index (χ1) is 10.3. The van der Waals surface area contributed by atoms with Crippen molar-refractivity contribution in [1.29, 1.82) is 0 Å². The SMILES string of the molecule is NC(=O)[C@@H](O)[C@@H](O)[C@H](O)[C@@]1(C(N)=O)Cc2ccc(cc2)CO1. The van der Waals surface area contributed by atoms with E-state index >= 15 is 0 Å². The summed E-state index contributed by atoms with van der Waals surface area (Å²) in [7, 11) is 0. The van der Waals surface area contributed by atoms with Crippen molar-refractivity contribution in [3.05, 3.63) is 35.4 Å². The molecule has 2 aliphatic heterocycles. The van der Waals surface area contributed by atoms with Gasteiger partial charge < -0.3 is 31.5 Å². The highest BCUT2D eigenvalue weighted by Crippen LogP contribution is 2.29. The molecule has 0 spiro atoms. The summed E-state index contributed by atoms with van der Waals surface area (Å²) >= 11 is 0. The molecule has 4 atom stereocenters. The van der Waals surface area contributed by atoms with E-state index in [0.29, 0.717) is 5.56 Å². The standard InChI is InChI=1S/C14H18N2O6/c15-12(20)10(18)9(17)11(19)14(13(16)21)5-7-1-3-8(4-2-7)6-22-14/h1-4,9-11,17-19H,5-6H2,(H2,15,20)(H2,16,21)/t9-,10+,11+,14-/m1/s1. The third-order valence-corrected chi connectivity index (χ3v) is 3.82. The number of benzene rings is 1. The Morgan fingerprint density at radius 3 is 2.14 bits per heavy atom. The number of fused-ring (bicyclic) bond motifs is 5. The predicted molar refractivity (Wildman–Crippen MR) is 74.1 cm³/mol. The van der Waals surface area contributed by atoms with Crippen LogP contribution in [0, 0.1) is 0 Å². The van der Waals surface area contributed by atoms with E-state index in [1.807, 2.05) is 0 Å². The largest absolute Gasteiger partial charge is 0.387 e. The Kier molecular flexibility index (Phi) is 4.47. The van der Waals surface area contributed by atoms with Gasteiger partial charge in [0.1, 0.15) is 12.2 Å². The molecule has 2 aliphatic rings. The molecule has 120 valence electrons. The van der Waals surface area contributed by atoms with Gasteiger partial charge in [0.25, 0.3) is 5.91 Å². The minimum atomic E-state index is -2.05. The number of amides is 2. The van der Waals surface area contributed by atoms with Crippen molar-refractivity contribution in [3.63, 3.8) is 0 Å². The zero-order valence-electron chi connectivity index (χ0n) is 11.7. The molecule has 0 fully saturated rings. The van der Waals surface area contributed by atoms with Gasteiger partial charge in [0.2, 0.25) is 5.91 Å². The lowest BCUT2D eigenvalue weighted by molar-refractivity contribution is -0.191. The maximum atomic E-state index is 11.9. The number of hydrogen-bond donors (Lipinski definition) is 5. The smallest absolute Gasteiger partial charge is 0.252 e. The van der Waals surface area contributed by atoms with Gasteiger partial charge in [-0.15, -0.1) is 0 Å². The van der Waals surface area contributed by atoms with Gasteiger partial charge in [-0.3, -0.25) is 9.59 Å². The van der Waals surface area contributed by atoms with Crippen molar-refractivity contribution in [2.24, 2.45) is 11.5 Å². The summed E-state index contributed by atoms with van der Waals surface area (Å²) in [6.07, 6.45) is -6.11. The summed E-state index contributed by atoms with van der Waals surface area (Å²) in [5, 5.41) is 29.7. The number of aliphatic hydroxyl groups is 3. The lowest BCUT2D eigenvalue weighted by atomic mass is 9.82. The molecule has 2 heterocycles. The first-order valence-electron chi connectivity index (χ1n) is 6.63. The van der Waals surface area contributed by atoms with Crippen LogP contribution in [0.25, 0.3) is 0 Å². The quantitative estimate of drug-likeness (QED) is 0.406. The number of carbonyl (C=O) groups excluding carboxylic acids is 2. The molecule has 0 unspecified atom stereocenters. The highest BCUT2D eigenvalue weighted by molar-refractivity contribution is 5.85. The van der Waals surface area contributed by atoms with Gasteiger partial charge in [0.05, 0.1) is 6.61 Å². The topological polar surface area (TPSA) is 156 Å². The molecule has 0 aromatic heterocycles. The van der Waals surface area contributed by atoms with Crippen LogP contribution in [0.15, 0.2) is 24.3 Å². The Morgan fingerprint density at radius 1 is 1.09 bits per heavy atom. The third-order valence-electron chi connectivity index (χ3n) is 3.82. The number of hydrogen-bond acceptors (Lipinski definition) is 6. The van der Waals surface area contributed by atoms with Gasteiger partial charge in [-0.05, 0) is 11.1 Å². The van der Waals surface area contributed by atoms with Gasteiger partial charge in [-0.25, -0.2) is 0 Å². The molecule has 0 saturated heterocycles. The summed E-state index contributed by atoms with van der Waals surface area (Å²) in [5.74, 6) is -2.25.